The molecule has 0 unspecified atom stereocenters. The van der Waals surface area contributed by atoms with Crippen molar-refractivity contribution < 1.29 is 4.42 Å². The summed E-state index contributed by atoms with van der Waals surface area (Å²) in [6.45, 7) is 0. The van der Waals surface area contributed by atoms with Gasteiger partial charge in [0.05, 0.1) is 10.8 Å². The van der Waals surface area contributed by atoms with E-state index in [0.717, 1.165) is 11.3 Å². The van der Waals surface area contributed by atoms with Crippen LogP contribution < -0.4 is 11.1 Å². The lowest BCUT2D eigenvalue weighted by molar-refractivity contribution is 0.669. The Kier molecular flexibility index (Phi) is 2.54. The van der Waals surface area contributed by atoms with Gasteiger partial charge in [-0.2, -0.15) is 9.97 Å². The fraction of sp³-hybridized carbons (Fsp3) is 0. The Balaban J connectivity index is 2.14. The van der Waals surface area contributed by atoms with Crippen molar-refractivity contribution >= 4 is 54.0 Å². The van der Waals surface area contributed by atoms with Gasteiger partial charge in [-0.15, -0.1) is 11.3 Å². The fourth-order valence-electron chi connectivity index (χ4n) is 2.74. The van der Waals surface area contributed by atoms with Crippen molar-refractivity contribution in [2.45, 2.75) is 0 Å². The molecular formula is C16H8N4O3S. The molecule has 24 heavy (non-hydrogen) atoms. The van der Waals surface area contributed by atoms with E-state index in [0.29, 0.717) is 42.6 Å². The number of pyridine rings is 4. The van der Waals surface area contributed by atoms with Crippen molar-refractivity contribution in [3.05, 3.63) is 57.4 Å². The van der Waals surface area contributed by atoms with Gasteiger partial charge in [0.2, 0.25) is 0 Å². The van der Waals surface area contributed by atoms with Crippen molar-refractivity contribution in [3.63, 3.8) is 0 Å². The molecule has 0 spiro atoms. The maximum atomic E-state index is 12.3. The fourth-order valence-corrected chi connectivity index (χ4v) is 3.70. The van der Waals surface area contributed by atoms with Crippen LogP contribution in [0.1, 0.15) is 0 Å². The van der Waals surface area contributed by atoms with Crippen LogP contribution in [0.4, 0.5) is 0 Å². The minimum Gasteiger partial charge on any atom is -0.452 e. The van der Waals surface area contributed by atoms with E-state index in [1.165, 1.54) is 0 Å². The van der Waals surface area contributed by atoms with Gasteiger partial charge in [0.15, 0.2) is 11.2 Å². The average Bonchev–Trinajstić information content (AvgIpc) is 2.61. The third-order valence-electron chi connectivity index (χ3n) is 3.79. The lowest BCUT2D eigenvalue weighted by Gasteiger charge is -2.05. The number of aromatic nitrogens is 4. The zero-order chi connectivity index (χ0) is 16.3. The van der Waals surface area contributed by atoms with E-state index in [9.17, 15) is 9.59 Å². The highest BCUT2D eigenvalue weighted by Gasteiger charge is 2.15. The maximum absolute atomic E-state index is 12.3. The van der Waals surface area contributed by atoms with Crippen molar-refractivity contribution in [2.24, 2.45) is 0 Å². The van der Waals surface area contributed by atoms with Crippen LogP contribution in [0.5, 0.6) is 0 Å². The summed E-state index contributed by atoms with van der Waals surface area (Å²) >= 11 is 1.06. The number of fused-ring (bicyclic) bond motifs is 6. The molecule has 5 rings (SSSR count). The van der Waals surface area contributed by atoms with Crippen LogP contribution in [0.2, 0.25) is 0 Å². The van der Waals surface area contributed by atoms with E-state index in [1.54, 1.807) is 24.5 Å². The van der Waals surface area contributed by atoms with Gasteiger partial charge in [-0.3, -0.25) is 9.59 Å². The highest BCUT2D eigenvalue weighted by atomic mass is 32.1. The summed E-state index contributed by atoms with van der Waals surface area (Å²) in [5.74, 6) is 0. The Morgan fingerprint density at radius 3 is 1.83 bits per heavy atom. The molecule has 0 aliphatic carbocycles. The summed E-state index contributed by atoms with van der Waals surface area (Å²) < 4.78 is 6.62. The Labute approximate surface area is 136 Å². The summed E-state index contributed by atoms with van der Waals surface area (Å²) in [7, 11) is 0. The second kappa shape index (κ2) is 4.62. The predicted molar refractivity (Wildman–Crippen MR) is 92.3 cm³/mol. The first kappa shape index (κ1) is 13.2. The van der Waals surface area contributed by atoms with E-state index in [4.69, 9.17) is 4.42 Å². The topological polar surface area (TPSA) is 105 Å². The van der Waals surface area contributed by atoms with Gasteiger partial charge >= 0.3 is 0 Å². The van der Waals surface area contributed by atoms with Crippen LogP contribution in [0.15, 0.2) is 50.7 Å². The Hall–Kier alpha value is -3.26. The van der Waals surface area contributed by atoms with E-state index >= 15 is 0 Å². The predicted octanol–water partition coefficient (Wildman–Crippen LogP) is 2.68. The average molecular weight is 336 g/mol. The molecule has 0 fully saturated rings. The molecule has 7 nitrogen and oxygen atoms in total. The number of nitrogens with one attached hydrogen (secondary N) is 2. The van der Waals surface area contributed by atoms with Crippen LogP contribution in [0.3, 0.4) is 0 Å². The lowest BCUT2D eigenvalue weighted by atomic mass is 10.2. The van der Waals surface area contributed by atoms with Gasteiger partial charge < -0.3 is 14.4 Å². The molecule has 0 atom stereocenters. The van der Waals surface area contributed by atoms with Gasteiger partial charge in [0.1, 0.15) is 20.7 Å². The molecule has 5 heterocycles. The number of hydrogen-bond acceptors (Lipinski definition) is 6. The summed E-state index contributed by atoms with van der Waals surface area (Å²) in [4.78, 5) is 38.5. The maximum Gasteiger partial charge on any atom is 0.292 e. The molecule has 0 aliphatic heterocycles. The number of nitrogens with zero attached hydrogens (tertiary/aromatic N) is 2. The summed E-state index contributed by atoms with van der Waals surface area (Å²) in [5.41, 5.74) is 0.838. The van der Waals surface area contributed by atoms with Crippen LogP contribution >= 0.6 is 11.3 Å². The monoisotopic (exact) mass is 336 g/mol. The molecule has 0 aliphatic rings. The summed E-state index contributed by atoms with van der Waals surface area (Å²) in [6, 6.07) is 7.23. The van der Waals surface area contributed by atoms with Crippen molar-refractivity contribution in [2.75, 3.05) is 0 Å². The largest absolute Gasteiger partial charge is 0.452 e. The van der Waals surface area contributed by atoms with Gasteiger partial charge in [0, 0.05) is 12.4 Å². The SMILES string of the molecule is O=c1nc2[nH]cccc2c2oc3c(sc12)c(=O)nc1[nH]cccc13. The Morgan fingerprint density at radius 1 is 0.833 bits per heavy atom. The molecule has 0 saturated carbocycles. The van der Waals surface area contributed by atoms with Crippen molar-refractivity contribution in [1.82, 2.24) is 19.9 Å². The quantitative estimate of drug-likeness (QED) is 0.334. The zero-order valence-electron chi connectivity index (χ0n) is 12.0. The molecule has 2 N–H and O–H groups in total. The van der Waals surface area contributed by atoms with Crippen LogP contribution in [-0.4, -0.2) is 19.9 Å². The standard InChI is InChI=1S/C16H8N4O3S/c21-15-11-9(7-3-1-5-17-13(7)19-15)23-10-8-4-2-6-18-14(8)20-16(22)12(10)24-11/h1-6H,(H,17,19,21)(H,18,20,22). The molecular weight excluding hydrogens is 328 g/mol. The third-order valence-corrected chi connectivity index (χ3v) is 4.92. The number of hydrogen-bond donors (Lipinski definition) is 2. The van der Waals surface area contributed by atoms with E-state index in [-0.39, 0.29) is 0 Å². The molecule has 5 aromatic heterocycles. The highest BCUT2D eigenvalue weighted by molar-refractivity contribution is 7.24. The number of H-pyrrole nitrogens is 2. The molecule has 5 aromatic rings. The van der Waals surface area contributed by atoms with Gasteiger partial charge in [-0.05, 0) is 24.3 Å². The lowest BCUT2D eigenvalue weighted by Crippen LogP contribution is -2.09. The highest BCUT2D eigenvalue weighted by Crippen LogP contribution is 2.30. The molecule has 0 saturated heterocycles. The minimum atomic E-state index is -0.435. The van der Waals surface area contributed by atoms with Gasteiger partial charge in [0.25, 0.3) is 11.1 Å². The zero-order valence-corrected chi connectivity index (χ0v) is 12.8. The van der Waals surface area contributed by atoms with E-state index in [2.05, 4.69) is 19.9 Å². The second-order valence-corrected chi connectivity index (χ2v) is 6.24. The third kappa shape index (κ3) is 1.71. The summed E-state index contributed by atoms with van der Waals surface area (Å²) in [6.07, 6.45) is 3.38. The van der Waals surface area contributed by atoms with Gasteiger partial charge in [-0.1, -0.05) is 0 Å². The van der Waals surface area contributed by atoms with Crippen molar-refractivity contribution in [1.29, 1.82) is 0 Å². The van der Waals surface area contributed by atoms with Crippen molar-refractivity contribution in [3.8, 4) is 0 Å². The van der Waals surface area contributed by atoms with Gasteiger partial charge in [-0.25, -0.2) is 0 Å². The van der Waals surface area contributed by atoms with E-state index < -0.39 is 11.1 Å². The molecule has 0 aromatic carbocycles. The van der Waals surface area contributed by atoms with E-state index in [1.807, 2.05) is 12.1 Å². The molecule has 0 amide bonds. The molecule has 0 bridgehead atoms. The molecule has 116 valence electrons. The second-order valence-electron chi connectivity index (χ2n) is 5.22. The smallest absolute Gasteiger partial charge is 0.292 e. The number of aromatic amines is 2. The first-order valence-corrected chi connectivity index (χ1v) is 7.92. The van der Waals surface area contributed by atoms with Crippen LogP contribution in [0.25, 0.3) is 42.6 Å². The summed E-state index contributed by atoms with van der Waals surface area (Å²) in [5, 5.41) is 1.37. The van der Waals surface area contributed by atoms with Crippen LogP contribution in [0, 0.1) is 0 Å². The Morgan fingerprint density at radius 2 is 1.33 bits per heavy atom. The number of rotatable bonds is 0. The Bertz CT molecular complexity index is 1300. The normalized spacial score (nSPS) is 11.7. The van der Waals surface area contributed by atoms with Crippen LogP contribution in [-0.2, 0) is 0 Å². The minimum absolute atomic E-state index is 0.299. The molecule has 0 radical (unpaired) electrons. The first-order chi connectivity index (χ1) is 11.7. The molecule has 8 heteroatoms. The first-order valence-electron chi connectivity index (χ1n) is 7.11.